The Morgan fingerprint density at radius 1 is 1.47 bits per heavy atom. The number of halogens is 3. The molecule has 1 aliphatic rings. The molecule has 1 aromatic heterocycles. The molecule has 2 heterocycles. The summed E-state index contributed by atoms with van der Waals surface area (Å²) in [5.74, 6) is 0. The first-order valence-electron chi connectivity index (χ1n) is 5.80. The lowest BCUT2D eigenvalue weighted by Crippen LogP contribution is -2.44. The molecule has 0 aliphatic carbocycles. The highest BCUT2D eigenvalue weighted by Gasteiger charge is 2.23. The molecule has 2 rings (SSSR count). The number of piperazine rings is 1. The highest BCUT2D eigenvalue weighted by atomic mass is 79.9. The van der Waals surface area contributed by atoms with E-state index in [-0.39, 0.29) is 30.9 Å². The minimum absolute atomic E-state index is 0. The molecule has 0 saturated carbocycles. The molecule has 1 fully saturated rings. The number of thiophene rings is 1. The van der Waals surface area contributed by atoms with Gasteiger partial charge in [-0.3, -0.25) is 4.90 Å². The smallest absolute Gasteiger partial charge is 0.0731 e. The van der Waals surface area contributed by atoms with Gasteiger partial charge in [-0.05, 0) is 34.5 Å². The van der Waals surface area contributed by atoms with E-state index in [0.29, 0.717) is 6.42 Å². The van der Waals surface area contributed by atoms with Crippen LogP contribution in [-0.2, 0) is 0 Å². The van der Waals surface area contributed by atoms with Crippen molar-refractivity contribution >= 4 is 52.1 Å². The predicted octanol–water partition coefficient (Wildman–Crippen LogP) is 3.52. The predicted molar refractivity (Wildman–Crippen MR) is 88.7 cm³/mol. The van der Waals surface area contributed by atoms with E-state index in [1.807, 2.05) is 0 Å². The monoisotopic (exact) mass is 385 g/mol. The lowest BCUT2D eigenvalue weighted by Gasteiger charge is -2.33. The minimum atomic E-state index is 0. The van der Waals surface area contributed by atoms with Crippen LogP contribution in [0.2, 0.25) is 0 Å². The van der Waals surface area contributed by atoms with Gasteiger partial charge in [0.1, 0.15) is 0 Å². The zero-order valence-electron chi connectivity index (χ0n) is 10.7. The first kappa shape index (κ1) is 19.2. The number of hydrogen-bond donors (Lipinski definition) is 1. The Balaban J connectivity index is 0.00000162. The fourth-order valence-corrected chi connectivity index (χ4v) is 3.84. The molecule has 1 aliphatic heterocycles. The van der Waals surface area contributed by atoms with Gasteiger partial charge in [-0.2, -0.15) is 5.26 Å². The molecule has 0 spiro atoms. The maximum Gasteiger partial charge on any atom is 0.0731 e. The lowest BCUT2D eigenvalue weighted by molar-refractivity contribution is 0.178. The van der Waals surface area contributed by atoms with Crippen molar-refractivity contribution in [1.82, 2.24) is 10.2 Å². The molecule has 19 heavy (non-hydrogen) atoms. The van der Waals surface area contributed by atoms with Crippen LogP contribution in [-0.4, -0.2) is 31.1 Å². The normalized spacial score (nSPS) is 16.9. The molecular formula is C12H18BrCl2N3S. The molecule has 3 nitrogen and oxygen atoms in total. The number of nitrogens with one attached hydrogen (secondary N) is 1. The Hall–Kier alpha value is 0.170. The van der Waals surface area contributed by atoms with Gasteiger partial charge in [-0.15, -0.1) is 36.2 Å². The molecule has 0 aromatic carbocycles. The van der Waals surface area contributed by atoms with Crippen molar-refractivity contribution in [2.45, 2.75) is 19.4 Å². The number of aryl methyl sites for hydroxylation is 1. The quantitative estimate of drug-likeness (QED) is 0.863. The third-order valence-corrected chi connectivity index (χ3v) is 5.32. The molecule has 1 N–H and O–H groups in total. The Morgan fingerprint density at radius 2 is 2.11 bits per heavy atom. The lowest BCUT2D eigenvalue weighted by atomic mass is 10.1. The molecule has 0 bridgehead atoms. The van der Waals surface area contributed by atoms with Crippen LogP contribution in [0.5, 0.6) is 0 Å². The molecular weight excluding hydrogens is 369 g/mol. The van der Waals surface area contributed by atoms with Crippen molar-refractivity contribution in [3.8, 4) is 6.07 Å². The fourth-order valence-electron chi connectivity index (χ4n) is 2.14. The van der Waals surface area contributed by atoms with Gasteiger partial charge >= 0.3 is 0 Å². The van der Waals surface area contributed by atoms with E-state index < -0.39 is 0 Å². The first-order chi connectivity index (χ1) is 8.22. The van der Waals surface area contributed by atoms with E-state index in [0.717, 1.165) is 26.2 Å². The molecule has 1 atom stereocenters. The Morgan fingerprint density at radius 3 is 2.58 bits per heavy atom. The second-order valence-electron chi connectivity index (χ2n) is 4.27. The fraction of sp³-hybridized carbons (Fsp3) is 0.583. The summed E-state index contributed by atoms with van der Waals surface area (Å²) in [6.07, 6.45) is 0.576. The molecule has 1 saturated heterocycles. The second-order valence-corrected chi connectivity index (χ2v) is 6.67. The molecule has 0 unspecified atom stereocenters. The van der Waals surface area contributed by atoms with Crippen LogP contribution in [0.1, 0.15) is 22.9 Å². The first-order valence-corrected chi connectivity index (χ1v) is 7.41. The summed E-state index contributed by atoms with van der Waals surface area (Å²) in [6.45, 7) is 6.20. The van der Waals surface area contributed by atoms with E-state index in [2.05, 4.69) is 45.2 Å². The highest BCUT2D eigenvalue weighted by Crippen LogP contribution is 2.35. The van der Waals surface area contributed by atoms with E-state index in [1.165, 1.54) is 14.2 Å². The van der Waals surface area contributed by atoms with Gasteiger partial charge in [0.05, 0.1) is 22.3 Å². The van der Waals surface area contributed by atoms with Crippen LogP contribution in [0.4, 0.5) is 0 Å². The van der Waals surface area contributed by atoms with Gasteiger partial charge in [0.25, 0.3) is 0 Å². The Bertz CT molecular complexity index is 408. The zero-order chi connectivity index (χ0) is 12.3. The van der Waals surface area contributed by atoms with Crippen molar-refractivity contribution in [3.05, 3.63) is 20.3 Å². The van der Waals surface area contributed by atoms with Crippen LogP contribution in [0.25, 0.3) is 0 Å². The number of rotatable bonds is 3. The van der Waals surface area contributed by atoms with Crippen molar-refractivity contribution < 1.29 is 0 Å². The van der Waals surface area contributed by atoms with E-state index in [1.54, 1.807) is 11.3 Å². The average molecular weight is 387 g/mol. The number of hydrogen-bond acceptors (Lipinski definition) is 4. The van der Waals surface area contributed by atoms with Gasteiger partial charge in [-0.25, -0.2) is 0 Å². The number of nitrogens with zero attached hydrogens (tertiary/aromatic N) is 2. The molecule has 1 aromatic rings. The van der Waals surface area contributed by atoms with Crippen molar-refractivity contribution in [3.63, 3.8) is 0 Å². The Kier molecular flexibility index (Phi) is 9.25. The second kappa shape index (κ2) is 9.17. The maximum atomic E-state index is 9.01. The van der Waals surface area contributed by atoms with E-state index in [4.69, 9.17) is 5.26 Å². The van der Waals surface area contributed by atoms with Crippen molar-refractivity contribution in [2.75, 3.05) is 26.2 Å². The van der Waals surface area contributed by atoms with E-state index in [9.17, 15) is 0 Å². The van der Waals surface area contributed by atoms with Crippen LogP contribution >= 0.6 is 52.1 Å². The van der Waals surface area contributed by atoms with E-state index >= 15 is 0 Å². The summed E-state index contributed by atoms with van der Waals surface area (Å²) in [4.78, 5) is 3.72. The molecule has 0 radical (unpaired) electrons. The summed E-state index contributed by atoms with van der Waals surface area (Å²) in [7, 11) is 0. The van der Waals surface area contributed by atoms with Gasteiger partial charge in [0.15, 0.2) is 0 Å². The van der Waals surface area contributed by atoms with Crippen molar-refractivity contribution in [2.24, 2.45) is 0 Å². The third kappa shape index (κ3) is 4.89. The van der Waals surface area contributed by atoms with Crippen LogP contribution in [0, 0.1) is 18.3 Å². The minimum Gasteiger partial charge on any atom is -0.314 e. The van der Waals surface area contributed by atoms with Crippen LogP contribution in [0.3, 0.4) is 0 Å². The van der Waals surface area contributed by atoms with Crippen LogP contribution < -0.4 is 5.32 Å². The SMILES string of the molecule is Cc1cc([C@@H](CC#N)N2CCNCC2)sc1Br.Cl.Cl. The summed E-state index contributed by atoms with van der Waals surface area (Å²) in [5.41, 5.74) is 1.27. The molecule has 108 valence electrons. The summed E-state index contributed by atoms with van der Waals surface area (Å²) < 4.78 is 1.19. The molecule has 7 heteroatoms. The maximum absolute atomic E-state index is 9.01. The van der Waals surface area contributed by atoms with Crippen molar-refractivity contribution in [1.29, 1.82) is 5.26 Å². The Labute approximate surface area is 139 Å². The van der Waals surface area contributed by atoms with Crippen LogP contribution in [0.15, 0.2) is 9.85 Å². The third-order valence-electron chi connectivity index (χ3n) is 3.08. The topological polar surface area (TPSA) is 39.1 Å². The standard InChI is InChI=1S/C12H16BrN3S.2ClH/c1-9-8-11(17-12(9)13)10(2-3-14)16-6-4-15-5-7-16;;/h8,10,15H,2,4-7H2,1H3;2*1H/t10-;;/m1../s1. The molecule has 0 amide bonds. The van der Waals surface area contributed by atoms with Gasteiger partial charge < -0.3 is 5.32 Å². The summed E-state index contributed by atoms with van der Waals surface area (Å²) in [5, 5.41) is 12.4. The number of nitriles is 1. The average Bonchev–Trinajstić information content (AvgIpc) is 2.67. The van der Waals surface area contributed by atoms with Gasteiger partial charge in [0.2, 0.25) is 0 Å². The zero-order valence-corrected chi connectivity index (χ0v) is 14.7. The largest absolute Gasteiger partial charge is 0.314 e. The summed E-state index contributed by atoms with van der Waals surface area (Å²) >= 11 is 5.32. The highest BCUT2D eigenvalue weighted by molar-refractivity contribution is 9.11. The van der Waals surface area contributed by atoms with Gasteiger partial charge in [0, 0.05) is 31.1 Å². The summed E-state index contributed by atoms with van der Waals surface area (Å²) in [6, 6.07) is 4.79. The van der Waals surface area contributed by atoms with Gasteiger partial charge in [-0.1, -0.05) is 0 Å².